The lowest BCUT2D eigenvalue weighted by Gasteiger charge is -2.19. The molecule has 0 aliphatic rings. The molecule has 0 spiro atoms. The Morgan fingerprint density at radius 3 is 2.86 bits per heavy atom. The minimum atomic E-state index is -0.877. The zero-order chi connectivity index (χ0) is 15.5. The number of hydrogen-bond donors (Lipinski definition) is 1. The number of aryl methyl sites for hydroxylation is 1. The first kappa shape index (κ1) is 15.6. The number of ether oxygens (including phenoxy) is 1. The quantitative estimate of drug-likeness (QED) is 0.829. The van der Waals surface area contributed by atoms with Crippen LogP contribution < -0.4 is 5.73 Å². The van der Waals surface area contributed by atoms with Crippen LogP contribution in [-0.4, -0.2) is 23.4 Å². The van der Waals surface area contributed by atoms with Crippen molar-refractivity contribution in [1.82, 2.24) is 10.1 Å². The molecule has 2 aromatic rings. The van der Waals surface area contributed by atoms with E-state index in [9.17, 15) is 4.39 Å². The molecule has 0 radical (unpaired) electrons. The molecule has 114 valence electrons. The van der Waals surface area contributed by atoms with Crippen LogP contribution in [0.25, 0.3) is 11.5 Å². The SMILES string of the molecule is CCCOCC(C)(N)c1noc(-c2ccc(C)cc2F)n1. The highest BCUT2D eigenvalue weighted by Crippen LogP contribution is 2.24. The zero-order valence-corrected chi connectivity index (χ0v) is 12.5. The van der Waals surface area contributed by atoms with Crippen molar-refractivity contribution in [1.29, 1.82) is 0 Å². The molecule has 0 fully saturated rings. The number of rotatable bonds is 6. The lowest BCUT2D eigenvalue weighted by Crippen LogP contribution is -2.39. The fraction of sp³-hybridized carbons (Fsp3) is 0.467. The third-order valence-corrected chi connectivity index (χ3v) is 3.04. The van der Waals surface area contributed by atoms with E-state index in [0.29, 0.717) is 12.4 Å². The molecule has 0 aliphatic heterocycles. The molecule has 1 aromatic carbocycles. The normalized spacial score (nSPS) is 14.1. The van der Waals surface area contributed by atoms with Crippen molar-refractivity contribution in [3.8, 4) is 11.5 Å². The smallest absolute Gasteiger partial charge is 0.260 e. The van der Waals surface area contributed by atoms with Crippen LogP contribution in [0.1, 0.15) is 31.7 Å². The number of aromatic nitrogens is 2. The fourth-order valence-electron chi connectivity index (χ4n) is 1.85. The Hall–Kier alpha value is -1.79. The fourth-order valence-corrected chi connectivity index (χ4v) is 1.85. The van der Waals surface area contributed by atoms with E-state index in [-0.39, 0.29) is 18.1 Å². The van der Waals surface area contributed by atoms with Gasteiger partial charge in [-0.3, -0.25) is 0 Å². The van der Waals surface area contributed by atoms with Gasteiger partial charge < -0.3 is 15.0 Å². The summed E-state index contributed by atoms with van der Waals surface area (Å²) in [7, 11) is 0. The molecular weight excluding hydrogens is 273 g/mol. The van der Waals surface area contributed by atoms with Crippen molar-refractivity contribution < 1.29 is 13.7 Å². The third-order valence-electron chi connectivity index (χ3n) is 3.04. The van der Waals surface area contributed by atoms with Crippen molar-refractivity contribution in [2.75, 3.05) is 13.2 Å². The zero-order valence-electron chi connectivity index (χ0n) is 12.5. The van der Waals surface area contributed by atoms with Crippen molar-refractivity contribution in [2.24, 2.45) is 5.73 Å². The monoisotopic (exact) mass is 293 g/mol. The van der Waals surface area contributed by atoms with Crippen molar-refractivity contribution in [2.45, 2.75) is 32.7 Å². The summed E-state index contributed by atoms with van der Waals surface area (Å²) in [6, 6.07) is 4.82. The molecule has 0 amide bonds. The lowest BCUT2D eigenvalue weighted by molar-refractivity contribution is 0.0867. The predicted molar refractivity (Wildman–Crippen MR) is 77.1 cm³/mol. The summed E-state index contributed by atoms with van der Waals surface area (Å²) in [6.07, 6.45) is 0.905. The highest BCUT2D eigenvalue weighted by Gasteiger charge is 2.28. The van der Waals surface area contributed by atoms with E-state index in [1.807, 2.05) is 13.8 Å². The highest BCUT2D eigenvalue weighted by atomic mass is 19.1. The lowest BCUT2D eigenvalue weighted by atomic mass is 10.1. The molecule has 0 saturated carbocycles. The van der Waals surface area contributed by atoms with Gasteiger partial charge in [0.15, 0.2) is 5.82 Å². The molecule has 1 aromatic heterocycles. The van der Waals surface area contributed by atoms with Gasteiger partial charge in [0.05, 0.1) is 12.2 Å². The van der Waals surface area contributed by atoms with E-state index in [1.165, 1.54) is 6.07 Å². The van der Waals surface area contributed by atoms with Crippen LogP contribution in [0.2, 0.25) is 0 Å². The van der Waals surface area contributed by atoms with Gasteiger partial charge in [-0.25, -0.2) is 4.39 Å². The third kappa shape index (κ3) is 3.65. The Balaban J connectivity index is 2.21. The second-order valence-corrected chi connectivity index (χ2v) is 5.38. The number of halogens is 1. The topological polar surface area (TPSA) is 74.2 Å². The van der Waals surface area contributed by atoms with Gasteiger partial charge in [-0.15, -0.1) is 0 Å². The van der Waals surface area contributed by atoms with E-state index < -0.39 is 11.4 Å². The Bertz CT molecular complexity index is 611. The van der Waals surface area contributed by atoms with Gasteiger partial charge in [0, 0.05) is 6.61 Å². The Kier molecular flexibility index (Phi) is 4.69. The average Bonchev–Trinajstić information content (AvgIpc) is 2.89. The summed E-state index contributed by atoms with van der Waals surface area (Å²) >= 11 is 0. The molecule has 21 heavy (non-hydrogen) atoms. The molecule has 5 nitrogen and oxygen atoms in total. The standard InChI is InChI=1S/C15H20FN3O2/c1-4-7-20-9-15(3,17)14-18-13(21-19-14)11-6-5-10(2)8-12(11)16/h5-6,8H,4,7,9,17H2,1-3H3. The van der Waals surface area contributed by atoms with Crippen LogP contribution in [0.3, 0.4) is 0 Å². The number of nitrogens with zero attached hydrogens (tertiary/aromatic N) is 2. The molecule has 2 N–H and O–H groups in total. The summed E-state index contributed by atoms with van der Waals surface area (Å²) in [4.78, 5) is 4.20. The molecule has 0 aliphatic carbocycles. The summed E-state index contributed by atoms with van der Waals surface area (Å²) < 4.78 is 24.5. The molecule has 0 bridgehead atoms. The van der Waals surface area contributed by atoms with Gasteiger partial charge in [-0.2, -0.15) is 4.98 Å². The van der Waals surface area contributed by atoms with E-state index in [2.05, 4.69) is 10.1 Å². The van der Waals surface area contributed by atoms with Gasteiger partial charge in [0.2, 0.25) is 0 Å². The van der Waals surface area contributed by atoms with E-state index >= 15 is 0 Å². The molecule has 6 heteroatoms. The second-order valence-electron chi connectivity index (χ2n) is 5.38. The summed E-state index contributed by atoms with van der Waals surface area (Å²) in [6.45, 7) is 6.47. The Morgan fingerprint density at radius 2 is 2.19 bits per heavy atom. The van der Waals surface area contributed by atoms with E-state index in [1.54, 1.807) is 19.1 Å². The van der Waals surface area contributed by atoms with Gasteiger partial charge >= 0.3 is 0 Å². The van der Waals surface area contributed by atoms with Gasteiger partial charge in [0.1, 0.15) is 11.4 Å². The highest BCUT2D eigenvalue weighted by molar-refractivity contribution is 5.54. The largest absolute Gasteiger partial charge is 0.379 e. The molecule has 1 unspecified atom stereocenters. The minimum absolute atomic E-state index is 0.120. The average molecular weight is 293 g/mol. The van der Waals surface area contributed by atoms with E-state index in [4.69, 9.17) is 15.0 Å². The molecule has 1 heterocycles. The van der Waals surface area contributed by atoms with Crippen LogP contribution in [-0.2, 0) is 10.3 Å². The van der Waals surface area contributed by atoms with Crippen molar-refractivity contribution in [3.63, 3.8) is 0 Å². The van der Waals surface area contributed by atoms with Crippen LogP contribution in [0, 0.1) is 12.7 Å². The number of benzene rings is 1. The van der Waals surface area contributed by atoms with Crippen LogP contribution in [0.15, 0.2) is 22.7 Å². The first-order valence-electron chi connectivity index (χ1n) is 6.91. The van der Waals surface area contributed by atoms with Crippen LogP contribution >= 0.6 is 0 Å². The van der Waals surface area contributed by atoms with E-state index in [0.717, 1.165) is 12.0 Å². The predicted octanol–water partition coefficient (Wildman–Crippen LogP) is 2.78. The molecule has 1 atom stereocenters. The minimum Gasteiger partial charge on any atom is -0.379 e. The molecule has 0 saturated heterocycles. The van der Waals surface area contributed by atoms with Gasteiger partial charge in [0.25, 0.3) is 5.89 Å². The van der Waals surface area contributed by atoms with Gasteiger partial charge in [-0.1, -0.05) is 18.1 Å². The second kappa shape index (κ2) is 6.32. The number of hydrogen-bond acceptors (Lipinski definition) is 5. The summed E-state index contributed by atoms with van der Waals surface area (Å²) in [5, 5.41) is 3.85. The molecule has 2 rings (SSSR count). The molecular formula is C15H20FN3O2. The van der Waals surface area contributed by atoms with Crippen molar-refractivity contribution >= 4 is 0 Å². The maximum absolute atomic E-state index is 13.9. The van der Waals surface area contributed by atoms with Gasteiger partial charge in [-0.05, 0) is 38.0 Å². The number of nitrogens with two attached hydrogens (primary N) is 1. The first-order chi connectivity index (χ1) is 9.94. The maximum atomic E-state index is 13.9. The summed E-state index contributed by atoms with van der Waals surface area (Å²) in [5.74, 6) is 0.0226. The van der Waals surface area contributed by atoms with Crippen molar-refractivity contribution in [3.05, 3.63) is 35.4 Å². The maximum Gasteiger partial charge on any atom is 0.260 e. The first-order valence-corrected chi connectivity index (χ1v) is 6.91. The Morgan fingerprint density at radius 1 is 1.43 bits per heavy atom. The summed E-state index contributed by atoms with van der Waals surface area (Å²) in [5.41, 5.74) is 6.35. The van der Waals surface area contributed by atoms with Crippen LogP contribution in [0.5, 0.6) is 0 Å². The Labute approximate surface area is 123 Å². The van der Waals surface area contributed by atoms with Crippen LogP contribution in [0.4, 0.5) is 4.39 Å².